The number of aliphatic hydroxyl groups excluding tert-OH is 6. The van der Waals surface area contributed by atoms with Crippen molar-refractivity contribution in [3.05, 3.63) is 65.7 Å². The van der Waals surface area contributed by atoms with Crippen LogP contribution in [0.4, 0.5) is 15.3 Å². The van der Waals surface area contributed by atoms with Gasteiger partial charge in [0.05, 0.1) is 75.0 Å². The molecule has 2 aromatic carbocycles. The molecule has 2 aromatic rings. The first kappa shape index (κ1) is 96.5. The fourth-order valence-corrected chi connectivity index (χ4v) is 14.6. The molecule has 39 heteroatoms. The van der Waals surface area contributed by atoms with Gasteiger partial charge in [-0.15, -0.1) is 0 Å². The molecule has 117 heavy (non-hydrogen) atoms. The Morgan fingerprint density at radius 2 is 1.32 bits per heavy atom. The van der Waals surface area contributed by atoms with E-state index in [-0.39, 0.29) is 61.7 Å². The predicted octanol–water partition coefficient (Wildman–Crippen LogP) is -1.97. The van der Waals surface area contributed by atoms with Crippen LogP contribution in [-0.2, 0) is 87.7 Å². The van der Waals surface area contributed by atoms with E-state index < -0.39 is 231 Å². The van der Waals surface area contributed by atoms with E-state index in [9.17, 15) is 88.2 Å². The molecule has 0 saturated carbocycles. The van der Waals surface area contributed by atoms with Crippen LogP contribution in [0.15, 0.2) is 59.6 Å². The molecule has 3 fully saturated rings. The molecule has 0 aliphatic carbocycles. The molecule has 39 nitrogen and oxygen atoms in total. The first-order chi connectivity index (χ1) is 55.3. The van der Waals surface area contributed by atoms with Crippen molar-refractivity contribution in [1.29, 1.82) is 0 Å². The molecule has 0 bridgehead atoms. The first-order valence-corrected chi connectivity index (χ1v) is 39.5. The van der Waals surface area contributed by atoms with Gasteiger partial charge in [0.15, 0.2) is 18.3 Å². The van der Waals surface area contributed by atoms with E-state index in [0.717, 1.165) is 4.90 Å². The summed E-state index contributed by atoms with van der Waals surface area (Å²) >= 11 is 0. The Balaban J connectivity index is 0.983. The summed E-state index contributed by atoms with van der Waals surface area (Å²) in [4.78, 5) is 171. The number of nitrogens with zero attached hydrogens (tertiary/aromatic N) is 4. The number of primary amides is 1. The van der Waals surface area contributed by atoms with Gasteiger partial charge in [-0.05, 0) is 79.5 Å². The topological polar surface area (TPSA) is 547 Å². The standard InChI is InChI=1S/C78H122N14O25/c1-16-41(8)60(50(111-14)32-55(97)92-31-21-25-49(92)66(112-15)42(9)69(103)84-43(10)61(98)46-22-18-17-19-23-46)90(12)74(108)57(39(4)5)89-72(106)59(40(6)7)91(13)78(110)113-37-45-26-28-47(29-27-45)86-70(104)48(24-20-30-80-77(79)109)87-71(105)56(38(2)3)88-54(96)35-82-52(94)33-81-53(95)34-83-73(107)68-64(101)63(100)65(102)76(117-68)116-67-51(36-93)115-75-58(62(67)99)85-44(11)114-75/h17-19,22-23,26-29,38-43,48-51,56-68,75-76,93,98-102H,16,20-21,24-25,30-37H2,1-15H3,(H,81,95)(H,82,94)(H,83,107)(H,84,103)(H,86,104)(H,87,105)(H,88,96)(H,89,106)(H3,79,80,109)/t41-,42+,43+,48?,49-,50+,51?,56-,57-,58?,59-,60-,61+,62+,63-,64-,65?,66+,67+,68?,75-,76+/m0/s1. The van der Waals surface area contributed by atoms with Gasteiger partial charge in [0.2, 0.25) is 59.5 Å². The maximum Gasteiger partial charge on any atom is 0.410 e. The zero-order valence-electron chi connectivity index (χ0n) is 69.1. The Labute approximate surface area is 681 Å². The minimum Gasteiger partial charge on any atom is -0.450 e. The zero-order chi connectivity index (χ0) is 87.0. The summed E-state index contributed by atoms with van der Waals surface area (Å²) < 4.78 is 40.0. The van der Waals surface area contributed by atoms with Gasteiger partial charge in [0, 0.05) is 54.0 Å². The molecule has 0 spiro atoms. The van der Waals surface area contributed by atoms with Crippen molar-refractivity contribution in [3.8, 4) is 0 Å². The lowest BCUT2D eigenvalue weighted by Crippen LogP contribution is -2.65. The number of carbonyl (C=O) groups is 12. The van der Waals surface area contributed by atoms with E-state index in [4.69, 9.17) is 38.9 Å². The number of hydrogen-bond donors (Lipinski definition) is 16. The Morgan fingerprint density at radius 1 is 0.692 bits per heavy atom. The fraction of sp³-hybridized carbons (Fsp3) is 0.679. The van der Waals surface area contributed by atoms with Gasteiger partial charge >= 0.3 is 12.1 Å². The Kier molecular flexibility index (Phi) is 37.6. The number of benzene rings is 2. The number of carbonyl (C=O) groups excluding carboxylic acids is 12. The van der Waals surface area contributed by atoms with Gasteiger partial charge in [0.1, 0.15) is 73.4 Å². The van der Waals surface area contributed by atoms with Crippen molar-refractivity contribution in [1.82, 2.24) is 57.2 Å². The molecule has 4 aliphatic heterocycles. The van der Waals surface area contributed by atoms with Crippen LogP contribution in [0.5, 0.6) is 0 Å². The number of nitrogens with one attached hydrogen (secondary N) is 9. The number of fused-ring (bicyclic) bond motifs is 1. The second-order valence-electron chi connectivity index (χ2n) is 31.0. The SMILES string of the molecule is CC[C@H](C)[C@@H]([C@@H](CC(=O)N1CCC[C@H]1[C@H](OC)[C@@H](C)C(=O)N[C@H](C)[C@@H](O)c1ccccc1)OC)N(C)C(=O)[C@@H](NC(=O)[C@H](C(C)C)N(C)C(=O)OCc1ccc(NC(=O)C(CCCNC(N)=O)NC(=O)[C@@H](NC(=O)CNC(=O)CNC(=O)CNC(=O)C2O[C@@H](O[C@@H]3C(CO)O[C@@H]4OC(C)=NC4[C@H]3O)C(O)[C@@H](O)[C@@H]2O)C(C)C)cc1)C(C)C. The zero-order valence-corrected chi connectivity index (χ0v) is 69.1. The van der Waals surface area contributed by atoms with Crippen LogP contribution >= 0.6 is 0 Å². The van der Waals surface area contributed by atoms with E-state index in [1.807, 2.05) is 19.9 Å². The third kappa shape index (κ3) is 26.6. The number of rotatable bonds is 42. The number of likely N-dealkylation sites (tertiary alicyclic amines) is 1. The average molecular weight is 1660 g/mol. The summed E-state index contributed by atoms with van der Waals surface area (Å²) in [5, 5.41) is 86.7. The molecule has 6 rings (SSSR count). The molecule has 0 aromatic heterocycles. The molecule has 0 radical (unpaired) electrons. The second kappa shape index (κ2) is 45.6. The minimum absolute atomic E-state index is 0.0173. The maximum atomic E-state index is 14.9. The summed E-state index contributed by atoms with van der Waals surface area (Å²) in [7, 11) is 5.98. The monoisotopic (exact) mass is 1650 g/mol. The number of urea groups is 1. The van der Waals surface area contributed by atoms with E-state index in [0.29, 0.717) is 36.9 Å². The van der Waals surface area contributed by atoms with Crippen molar-refractivity contribution in [2.75, 3.05) is 73.0 Å². The number of methoxy groups -OCH3 is 2. The van der Waals surface area contributed by atoms with Gasteiger partial charge in [0.25, 0.3) is 5.91 Å². The van der Waals surface area contributed by atoms with Crippen LogP contribution in [0.3, 0.4) is 0 Å². The van der Waals surface area contributed by atoms with Gasteiger partial charge in [-0.2, -0.15) is 0 Å². The van der Waals surface area contributed by atoms with Gasteiger partial charge in [-0.3, -0.25) is 52.8 Å². The van der Waals surface area contributed by atoms with E-state index in [1.54, 1.807) is 104 Å². The normalized spacial score (nSPS) is 23.8. The van der Waals surface area contributed by atoms with Gasteiger partial charge in [-0.25, -0.2) is 14.6 Å². The summed E-state index contributed by atoms with van der Waals surface area (Å²) in [6, 6.07) is 6.72. The summed E-state index contributed by atoms with van der Waals surface area (Å²) in [5.41, 5.74) is 6.61. The van der Waals surface area contributed by atoms with Crippen LogP contribution in [-0.4, -0.2) is 306 Å². The number of ether oxygens (including phenoxy) is 7. The van der Waals surface area contributed by atoms with Gasteiger partial charge in [-0.1, -0.05) is 111 Å². The predicted molar refractivity (Wildman–Crippen MR) is 419 cm³/mol. The number of aliphatic hydroxyl groups is 6. The van der Waals surface area contributed by atoms with Crippen LogP contribution in [0, 0.1) is 29.6 Å². The van der Waals surface area contributed by atoms with E-state index in [2.05, 4.69) is 52.8 Å². The largest absolute Gasteiger partial charge is 0.450 e. The van der Waals surface area contributed by atoms with Crippen LogP contribution in [0.2, 0.25) is 0 Å². The summed E-state index contributed by atoms with van der Waals surface area (Å²) in [6.45, 7) is 16.3. The summed E-state index contributed by atoms with van der Waals surface area (Å²) in [5.74, 6) is -9.38. The summed E-state index contributed by atoms with van der Waals surface area (Å²) in [6.07, 6.45) is -16.8. The van der Waals surface area contributed by atoms with Crippen molar-refractivity contribution in [2.24, 2.45) is 40.3 Å². The number of hydrogen-bond acceptors (Lipinski definition) is 26. The van der Waals surface area contributed by atoms with Crippen LogP contribution in [0.1, 0.15) is 132 Å². The van der Waals surface area contributed by atoms with Crippen molar-refractivity contribution >= 4 is 82.8 Å². The van der Waals surface area contributed by atoms with Crippen molar-refractivity contribution < 1.29 is 121 Å². The minimum atomic E-state index is -2.06. The van der Waals surface area contributed by atoms with Crippen LogP contribution < -0.4 is 53.6 Å². The fourth-order valence-electron chi connectivity index (χ4n) is 14.6. The number of nitrogens with two attached hydrogens (primary N) is 1. The molecule has 654 valence electrons. The first-order valence-electron chi connectivity index (χ1n) is 39.5. The third-order valence-electron chi connectivity index (χ3n) is 21.4. The quantitative estimate of drug-likeness (QED) is 0.0321. The molecular formula is C78H122N14O25. The van der Waals surface area contributed by atoms with Gasteiger partial charge < -0.3 is 127 Å². The molecule has 17 N–H and O–H groups in total. The molecule has 4 aliphatic rings. The lowest BCUT2D eigenvalue weighted by Gasteiger charge is -2.44. The lowest BCUT2D eigenvalue weighted by molar-refractivity contribution is -0.334. The highest BCUT2D eigenvalue weighted by atomic mass is 16.7. The van der Waals surface area contributed by atoms with Crippen LogP contribution in [0.25, 0.3) is 0 Å². The molecule has 22 atom stereocenters. The van der Waals surface area contributed by atoms with E-state index >= 15 is 0 Å². The van der Waals surface area contributed by atoms with Crippen molar-refractivity contribution in [3.63, 3.8) is 0 Å². The molecule has 5 unspecified atom stereocenters. The molecular weight excluding hydrogens is 1530 g/mol. The lowest BCUT2D eigenvalue weighted by atomic mass is 9.89. The number of likely N-dealkylation sites (N-methyl/N-ethyl adjacent to an activating group) is 2. The highest BCUT2D eigenvalue weighted by Gasteiger charge is 2.54. The maximum absolute atomic E-state index is 14.9. The molecule has 4 heterocycles. The number of amides is 13. The van der Waals surface area contributed by atoms with E-state index in [1.165, 1.54) is 45.2 Å². The number of anilines is 1. The average Bonchev–Trinajstić information content (AvgIpc) is 1.72. The highest BCUT2D eigenvalue weighted by molar-refractivity contribution is 5.99. The number of aliphatic imine (C=N–C) groups is 1. The third-order valence-corrected chi connectivity index (χ3v) is 21.4. The Bertz CT molecular complexity index is 3700. The smallest absolute Gasteiger partial charge is 0.410 e. The highest BCUT2D eigenvalue weighted by Crippen LogP contribution is 2.35. The molecule has 13 amide bonds. The second-order valence-corrected chi connectivity index (χ2v) is 31.0. The van der Waals surface area contributed by atoms with Crippen molar-refractivity contribution in [2.45, 2.75) is 243 Å². The Morgan fingerprint density at radius 3 is 1.91 bits per heavy atom. The molecule has 3 saturated heterocycles. The Hall–Kier alpha value is -9.29.